The number of rotatable bonds is 7. The van der Waals surface area contributed by atoms with E-state index in [2.05, 4.69) is 5.32 Å². The topological polar surface area (TPSA) is 67.9 Å². The predicted octanol–water partition coefficient (Wildman–Crippen LogP) is 3.33. The molecule has 0 bridgehead atoms. The van der Waals surface area contributed by atoms with E-state index < -0.39 is 5.41 Å². The summed E-state index contributed by atoms with van der Waals surface area (Å²) in [7, 11) is 3.13. The normalized spacial score (nSPS) is 18.4. The molecule has 0 radical (unpaired) electrons. The molecule has 1 aliphatic rings. The predicted molar refractivity (Wildman–Crippen MR) is 115 cm³/mol. The van der Waals surface area contributed by atoms with Crippen molar-refractivity contribution in [3.63, 3.8) is 0 Å². The minimum atomic E-state index is -0.661. The average Bonchev–Trinajstić information content (AvgIpc) is 2.78. The third-order valence-corrected chi connectivity index (χ3v) is 5.77. The molecule has 0 aromatic heterocycles. The lowest BCUT2D eigenvalue weighted by molar-refractivity contribution is -0.140. The highest BCUT2D eigenvalue weighted by atomic mass is 19.1. The molecule has 1 aliphatic heterocycles. The van der Waals surface area contributed by atoms with Crippen LogP contribution in [0.15, 0.2) is 42.5 Å². The first-order chi connectivity index (χ1) is 14.8. The minimum absolute atomic E-state index is 0.0236. The zero-order chi connectivity index (χ0) is 22.4. The van der Waals surface area contributed by atoms with E-state index in [1.165, 1.54) is 12.1 Å². The lowest BCUT2D eigenvalue weighted by atomic mass is 9.80. The second-order valence-corrected chi connectivity index (χ2v) is 8.15. The van der Waals surface area contributed by atoms with Gasteiger partial charge in [0.25, 0.3) is 0 Å². The number of ether oxygens (including phenoxy) is 2. The summed E-state index contributed by atoms with van der Waals surface area (Å²) in [6.45, 7) is 3.22. The Balaban J connectivity index is 1.61. The second kappa shape index (κ2) is 9.81. The van der Waals surface area contributed by atoms with Gasteiger partial charge in [0.1, 0.15) is 5.82 Å². The largest absolute Gasteiger partial charge is 0.493 e. The van der Waals surface area contributed by atoms with Crippen LogP contribution in [0.5, 0.6) is 11.5 Å². The summed E-state index contributed by atoms with van der Waals surface area (Å²) in [6.07, 6.45) is 1.70. The van der Waals surface area contributed by atoms with Crippen LogP contribution in [0.2, 0.25) is 0 Å². The molecular formula is C24H29FN2O4. The van der Waals surface area contributed by atoms with E-state index in [0.29, 0.717) is 37.6 Å². The Morgan fingerprint density at radius 2 is 1.74 bits per heavy atom. The van der Waals surface area contributed by atoms with Crippen molar-refractivity contribution >= 4 is 11.8 Å². The van der Waals surface area contributed by atoms with Gasteiger partial charge in [0, 0.05) is 19.6 Å². The molecule has 2 aromatic carbocycles. The van der Waals surface area contributed by atoms with Gasteiger partial charge in [0.2, 0.25) is 11.8 Å². The molecule has 31 heavy (non-hydrogen) atoms. The molecule has 1 heterocycles. The van der Waals surface area contributed by atoms with Gasteiger partial charge in [-0.25, -0.2) is 4.39 Å². The smallest absolute Gasteiger partial charge is 0.227 e. The van der Waals surface area contributed by atoms with Crippen LogP contribution in [0.3, 0.4) is 0 Å². The zero-order valence-corrected chi connectivity index (χ0v) is 18.2. The van der Waals surface area contributed by atoms with Crippen LogP contribution in [0.4, 0.5) is 4.39 Å². The Labute approximate surface area is 182 Å². The highest BCUT2D eigenvalue weighted by Gasteiger charge is 2.39. The fraction of sp³-hybridized carbons (Fsp3) is 0.417. The number of methoxy groups -OCH3 is 2. The van der Waals surface area contributed by atoms with Gasteiger partial charge in [-0.05, 0) is 55.2 Å². The number of carbonyl (C=O) groups excluding carboxylic acids is 2. The number of hydrogen-bond acceptors (Lipinski definition) is 4. The van der Waals surface area contributed by atoms with E-state index in [4.69, 9.17) is 9.47 Å². The van der Waals surface area contributed by atoms with Gasteiger partial charge in [-0.2, -0.15) is 0 Å². The van der Waals surface area contributed by atoms with Crippen LogP contribution in [-0.2, 0) is 22.6 Å². The number of benzene rings is 2. The minimum Gasteiger partial charge on any atom is -0.493 e. The van der Waals surface area contributed by atoms with E-state index in [9.17, 15) is 14.0 Å². The molecule has 3 rings (SSSR count). The van der Waals surface area contributed by atoms with Crippen LogP contribution >= 0.6 is 0 Å². The van der Waals surface area contributed by atoms with Crippen molar-refractivity contribution in [2.45, 2.75) is 32.7 Å². The summed E-state index contributed by atoms with van der Waals surface area (Å²) < 4.78 is 23.6. The van der Waals surface area contributed by atoms with Gasteiger partial charge < -0.3 is 19.7 Å². The van der Waals surface area contributed by atoms with Crippen LogP contribution in [0, 0.1) is 11.2 Å². The molecule has 1 atom stereocenters. The first-order valence-electron chi connectivity index (χ1n) is 10.4. The van der Waals surface area contributed by atoms with Gasteiger partial charge in [-0.1, -0.05) is 18.2 Å². The van der Waals surface area contributed by atoms with Crippen molar-refractivity contribution in [1.29, 1.82) is 0 Å². The molecular weight excluding hydrogens is 399 g/mol. The molecule has 0 aliphatic carbocycles. The summed E-state index contributed by atoms with van der Waals surface area (Å²) in [6, 6.07) is 11.5. The summed E-state index contributed by atoms with van der Waals surface area (Å²) >= 11 is 0. The standard InChI is InChI=1S/C24H29FN2O4/c1-24(23(29)26-15-17-5-8-19(25)9-6-17)11-4-12-27(16-24)22(28)14-18-7-10-20(30-2)21(13-18)31-3/h5-10,13H,4,11-12,14-16H2,1-3H3,(H,26,29). The SMILES string of the molecule is COc1ccc(CC(=O)N2CCCC(C)(C(=O)NCc3ccc(F)cc3)C2)cc1OC. The maximum atomic E-state index is 13.1. The summed E-state index contributed by atoms with van der Waals surface area (Å²) in [4.78, 5) is 27.6. The van der Waals surface area contributed by atoms with Crippen molar-refractivity contribution in [2.75, 3.05) is 27.3 Å². The quantitative estimate of drug-likeness (QED) is 0.735. The van der Waals surface area contributed by atoms with E-state index >= 15 is 0 Å². The second-order valence-electron chi connectivity index (χ2n) is 8.15. The number of amides is 2. The number of piperidine rings is 1. The molecule has 1 unspecified atom stereocenters. The molecule has 2 amide bonds. The molecule has 1 fully saturated rings. The van der Waals surface area contributed by atoms with Crippen LogP contribution < -0.4 is 14.8 Å². The van der Waals surface area contributed by atoms with Crippen molar-refractivity contribution in [3.05, 3.63) is 59.4 Å². The average molecular weight is 429 g/mol. The highest BCUT2D eigenvalue weighted by molar-refractivity contribution is 5.85. The van der Waals surface area contributed by atoms with Gasteiger partial charge >= 0.3 is 0 Å². The molecule has 7 heteroatoms. The van der Waals surface area contributed by atoms with Crippen molar-refractivity contribution in [2.24, 2.45) is 5.41 Å². The number of carbonyl (C=O) groups is 2. The third kappa shape index (κ3) is 5.54. The zero-order valence-electron chi connectivity index (χ0n) is 18.2. The number of likely N-dealkylation sites (tertiary alicyclic amines) is 1. The molecule has 2 aromatic rings. The Bertz CT molecular complexity index is 932. The van der Waals surface area contributed by atoms with E-state index in [0.717, 1.165) is 17.5 Å². The molecule has 1 saturated heterocycles. The van der Waals surface area contributed by atoms with Crippen LogP contribution in [0.1, 0.15) is 30.9 Å². The van der Waals surface area contributed by atoms with Crippen molar-refractivity contribution < 1.29 is 23.5 Å². The Morgan fingerprint density at radius 1 is 1.06 bits per heavy atom. The summed E-state index contributed by atoms with van der Waals surface area (Å²) in [5.41, 5.74) is 0.997. The fourth-order valence-electron chi connectivity index (χ4n) is 3.91. The number of halogens is 1. The lowest BCUT2D eigenvalue weighted by Crippen LogP contribution is -2.52. The number of nitrogens with one attached hydrogen (secondary N) is 1. The summed E-state index contributed by atoms with van der Waals surface area (Å²) in [5, 5.41) is 2.94. The Hall–Kier alpha value is -3.09. The van der Waals surface area contributed by atoms with E-state index in [-0.39, 0.29) is 24.1 Å². The fourth-order valence-corrected chi connectivity index (χ4v) is 3.91. The first-order valence-corrected chi connectivity index (χ1v) is 10.4. The van der Waals surface area contributed by atoms with Gasteiger partial charge in [0.05, 0.1) is 26.1 Å². The number of nitrogens with zero attached hydrogens (tertiary/aromatic N) is 1. The molecule has 0 saturated carbocycles. The molecule has 1 N–H and O–H groups in total. The van der Waals surface area contributed by atoms with E-state index in [1.807, 2.05) is 13.0 Å². The Morgan fingerprint density at radius 3 is 2.42 bits per heavy atom. The third-order valence-electron chi connectivity index (χ3n) is 5.77. The highest BCUT2D eigenvalue weighted by Crippen LogP contribution is 2.31. The monoisotopic (exact) mass is 428 g/mol. The number of hydrogen-bond donors (Lipinski definition) is 1. The Kier molecular flexibility index (Phi) is 7.15. The van der Waals surface area contributed by atoms with Crippen molar-refractivity contribution in [1.82, 2.24) is 10.2 Å². The van der Waals surface area contributed by atoms with Gasteiger partial charge in [-0.3, -0.25) is 9.59 Å². The maximum absolute atomic E-state index is 13.1. The van der Waals surface area contributed by atoms with Gasteiger partial charge in [-0.15, -0.1) is 0 Å². The van der Waals surface area contributed by atoms with Crippen LogP contribution in [0.25, 0.3) is 0 Å². The van der Waals surface area contributed by atoms with Gasteiger partial charge in [0.15, 0.2) is 11.5 Å². The van der Waals surface area contributed by atoms with Crippen molar-refractivity contribution in [3.8, 4) is 11.5 Å². The lowest BCUT2D eigenvalue weighted by Gasteiger charge is -2.39. The molecule has 166 valence electrons. The molecule has 0 spiro atoms. The molecule has 6 nitrogen and oxygen atoms in total. The summed E-state index contributed by atoms with van der Waals surface area (Å²) in [5.74, 6) is 0.765. The first kappa shape index (κ1) is 22.6. The maximum Gasteiger partial charge on any atom is 0.227 e. The van der Waals surface area contributed by atoms with E-state index in [1.54, 1.807) is 43.4 Å². The van der Waals surface area contributed by atoms with Crippen LogP contribution in [-0.4, -0.2) is 44.0 Å².